The third-order valence-corrected chi connectivity index (χ3v) is 4.73. The van der Waals surface area contributed by atoms with Crippen molar-refractivity contribution in [1.29, 1.82) is 5.26 Å². The number of halogens is 4. The smallest absolute Gasteiger partial charge is 0.455 e. The Morgan fingerprint density at radius 1 is 1.21 bits per heavy atom. The summed E-state index contributed by atoms with van der Waals surface area (Å²) in [6.45, 7) is 1.50. The van der Waals surface area contributed by atoms with Gasteiger partial charge in [0.15, 0.2) is 12.0 Å². The molecule has 6 nitrogen and oxygen atoms in total. The van der Waals surface area contributed by atoms with Crippen LogP contribution in [0.1, 0.15) is 28.4 Å². The van der Waals surface area contributed by atoms with E-state index in [4.69, 9.17) is 21.6 Å². The minimum atomic E-state index is -6.00. The molecule has 2 rings (SSSR count). The second-order valence-electron chi connectivity index (χ2n) is 5.27. The molecule has 2 aromatic rings. The Balaban J connectivity index is 2.56. The molecule has 0 unspecified atom stereocenters. The summed E-state index contributed by atoms with van der Waals surface area (Å²) in [6, 6.07) is 8.27. The van der Waals surface area contributed by atoms with Gasteiger partial charge >= 0.3 is 15.6 Å². The molecule has 0 spiro atoms. The molecule has 0 radical (unpaired) electrons. The molecule has 0 atom stereocenters. The van der Waals surface area contributed by atoms with Gasteiger partial charge in [-0.2, -0.15) is 26.9 Å². The molecule has 0 N–H and O–H groups in total. The molecular weight excluding hydrogens is 423 g/mol. The first-order valence-electron chi connectivity index (χ1n) is 7.53. The number of hydrogen-bond acceptors (Lipinski definition) is 6. The standard InChI is InChI=1S/C17H11ClF3NO5S/c1-2-12-14(26-15-5-3-10(8-22)7-13(15)18)6-4-11(9-23)16(12)27-28(24,25)17(19,20)21/h3-7,9H,2H2,1H3. The van der Waals surface area contributed by atoms with Crippen molar-refractivity contribution in [3.63, 3.8) is 0 Å². The van der Waals surface area contributed by atoms with E-state index in [-0.39, 0.29) is 40.4 Å². The van der Waals surface area contributed by atoms with Crippen LogP contribution in [0, 0.1) is 11.3 Å². The van der Waals surface area contributed by atoms with E-state index in [0.29, 0.717) is 0 Å². The summed E-state index contributed by atoms with van der Waals surface area (Å²) >= 11 is 6.01. The summed E-state index contributed by atoms with van der Waals surface area (Å²) in [4.78, 5) is 11.2. The van der Waals surface area contributed by atoms with Gasteiger partial charge in [-0.1, -0.05) is 18.5 Å². The van der Waals surface area contributed by atoms with Crippen LogP contribution in [0.2, 0.25) is 5.02 Å². The van der Waals surface area contributed by atoms with Gasteiger partial charge in [-0.3, -0.25) is 4.79 Å². The van der Waals surface area contributed by atoms with Gasteiger partial charge in [0.05, 0.1) is 22.2 Å². The van der Waals surface area contributed by atoms with E-state index in [1.807, 2.05) is 6.07 Å². The lowest BCUT2D eigenvalue weighted by atomic mass is 10.1. The van der Waals surface area contributed by atoms with Crippen LogP contribution in [0.4, 0.5) is 13.2 Å². The van der Waals surface area contributed by atoms with Crippen LogP contribution in [0.5, 0.6) is 17.2 Å². The SMILES string of the molecule is CCc1c(Oc2ccc(C#N)cc2Cl)ccc(C=O)c1OS(=O)(=O)C(F)(F)F. The molecule has 11 heteroatoms. The molecule has 0 aromatic heterocycles. The lowest BCUT2D eigenvalue weighted by Gasteiger charge is -2.17. The fourth-order valence-corrected chi connectivity index (χ4v) is 2.91. The predicted molar refractivity (Wildman–Crippen MR) is 93.1 cm³/mol. The van der Waals surface area contributed by atoms with Crippen LogP contribution in [0.15, 0.2) is 30.3 Å². The van der Waals surface area contributed by atoms with Crippen LogP contribution in [0.3, 0.4) is 0 Å². The Kier molecular flexibility index (Phi) is 6.21. The van der Waals surface area contributed by atoms with Gasteiger partial charge in [-0.25, -0.2) is 0 Å². The van der Waals surface area contributed by atoms with Crippen molar-refractivity contribution in [1.82, 2.24) is 0 Å². The highest BCUT2D eigenvalue weighted by molar-refractivity contribution is 7.88. The van der Waals surface area contributed by atoms with Crippen molar-refractivity contribution in [2.75, 3.05) is 0 Å². The number of benzene rings is 2. The fraction of sp³-hybridized carbons (Fsp3) is 0.176. The largest absolute Gasteiger partial charge is 0.534 e. The Morgan fingerprint density at radius 2 is 1.86 bits per heavy atom. The van der Waals surface area contributed by atoms with Crippen molar-refractivity contribution >= 4 is 28.0 Å². The topological polar surface area (TPSA) is 93.5 Å². The second-order valence-corrected chi connectivity index (χ2v) is 7.22. The summed E-state index contributed by atoms with van der Waals surface area (Å²) in [5.74, 6) is -0.775. The van der Waals surface area contributed by atoms with Crippen molar-refractivity contribution in [2.24, 2.45) is 0 Å². The van der Waals surface area contributed by atoms with E-state index in [0.717, 1.165) is 6.07 Å². The number of nitrogens with zero attached hydrogens (tertiary/aromatic N) is 1. The van der Waals surface area contributed by atoms with E-state index in [2.05, 4.69) is 4.18 Å². The van der Waals surface area contributed by atoms with Crippen LogP contribution >= 0.6 is 11.6 Å². The van der Waals surface area contributed by atoms with Crippen molar-refractivity contribution < 1.29 is 35.3 Å². The van der Waals surface area contributed by atoms with Crippen LogP contribution in [0.25, 0.3) is 0 Å². The van der Waals surface area contributed by atoms with E-state index >= 15 is 0 Å². The van der Waals surface area contributed by atoms with Crippen molar-refractivity contribution in [3.05, 3.63) is 52.0 Å². The number of carbonyl (C=O) groups excluding carboxylic acids is 1. The number of alkyl halides is 3. The van der Waals surface area contributed by atoms with Gasteiger partial charge in [-0.05, 0) is 36.8 Å². The molecule has 0 fully saturated rings. The normalized spacial score (nSPS) is 11.6. The third kappa shape index (κ3) is 4.37. The molecule has 0 heterocycles. The molecule has 148 valence electrons. The average Bonchev–Trinajstić information content (AvgIpc) is 2.62. The van der Waals surface area contributed by atoms with E-state index in [1.165, 1.54) is 31.2 Å². The number of rotatable bonds is 6. The Labute approximate surface area is 163 Å². The molecular formula is C17H11ClF3NO5S. The van der Waals surface area contributed by atoms with E-state index in [9.17, 15) is 26.4 Å². The number of nitriles is 1. The Bertz CT molecular complexity index is 1060. The quantitative estimate of drug-likeness (QED) is 0.375. The molecule has 0 saturated carbocycles. The molecule has 0 aliphatic carbocycles. The van der Waals surface area contributed by atoms with Gasteiger partial charge in [-0.15, -0.1) is 0 Å². The summed E-state index contributed by atoms with van der Waals surface area (Å²) in [7, 11) is -6.00. The maximum Gasteiger partial charge on any atom is 0.534 e. The monoisotopic (exact) mass is 433 g/mol. The van der Waals surface area contributed by atoms with Gasteiger partial charge in [0.25, 0.3) is 0 Å². The first-order valence-corrected chi connectivity index (χ1v) is 9.32. The Morgan fingerprint density at radius 3 is 2.36 bits per heavy atom. The zero-order valence-corrected chi connectivity index (χ0v) is 15.7. The highest BCUT2D eigenvalue weighted by Crippen LogP contribution is 2.39. The second kappa shape index (κ2) is 8.08. The number of carbonyl (C=O) groups is 1. The first-order chi connectivity index (χ1) is 13.0. The van der Waals surface area contributed by atoms with Crippen LogP contribution in [-0.4, -0.2) is 20.2 Å². The summed E-state index contributed by atoms with van der Waals surface area (Å²) in [5.41, 5.74) is -5.91. The fourth-order valence-electron chi connectivity index (χ4n) is 2.18. The average molecular weight is 434 g/mol. The highest BCUT2D eigenvalue weighted by Gasteiger charge is 2.49. The molecule has 0 amide bonds. The summed E-state index contributed by atoms with van der Waals surface area (Å²) < 4.78 is 70.6. The van der Waals surface area contributed by atoms with E-state index in [1.54, 1.807) is 0 Å². The van der Waals surface area contributed by atoms with E-state index < -0.39 is 26.9 Å². The molecule has 0 aliphatic heterocycles. The molecule has 0 saturated heterocycles. The summed E-state index contributed by atoms with van der Waals surface area (Å²) in [6.07, 6.45) is 0.145. The van der Waals surface area contributed by atoms with Gasteiger partial charge in [0.1, 0.15) is 11.5 Å². The number of aldehydes is 1. The minimum Gasteiger partial charge on any atom is -0.455 e. The zero-order valence-electron chi connectivity index (χ0n) is 14.1. The maximum absolute atomic E-state index is 12.7. The first kappa shape index (κ1) is 21.5. The third-order valence-electron chi connectivity index (χ3n) is 3.49. The molecule has 0 bridgehead atoms. The van der Waals surface area contributed by atoms with Gasteiger partial charge < -0.3 is 8.92 Å². The van der Waals surface area contributed by atoms with Gasteiger partial charge in [0, 0.05) is 5.56 Å². The predicted octanol–water partition coefficient (Wildman–Crippen LogP) is 4.61. The Hall–Kier alpha value is -2.77. The lowest BCUT2D eigenvalue weighted by molar-refractivity contribution is -0.0500. The lowest BCUT2D eigenvalue weighted by Crippen LogP contribution is -2.28. The highest BCUT2D eigenvalue weighted by atomic mass is 35.5. The molecule has 2 aromatic carbocycles. The zero-order chi connectivity index (χ0) is 21.1. The summed E-state index contributed by atoms with van der Waals surface area (Å²) in [5, 5.41) is 8.89. The van der Waals surface area contributed by atoms with Gasteiger partial charge in [0.2, 0.25) is 0 Å². The molecule has 28 heavy (non-hydrogen) atoms. The minimum absolute atomic E-state index is 0.0202. The van der Waals surface area contributed by atoms with Crippen LogP contribution < -0.4 is 8.92 Å². The van der Waals surface area contributed by atoms with Crippen LogP contribution in [-0.2, 0) is 16.5 Å². The van der Waals surface area contributed by atoms with Crippen molar-refractivity contribution in [3.8, 4) is 23.3 Å². The number of hydrogen-bond donors (Lipinski definition) is 0. The molecule has 0 aliphatic rings. The number of ether oxygens (including phenoxy) is 1. The maximum atomic E-state index is 12.7. The van der Waals surface area contributed by atoms with Crippen molar-refractivity contribution in [2.45, 2.75) is 18.9 Å².